The first-order chi connectivity index (χ1) is 6.32. The normalized spacial score (nSPS) is 10.5. The van der Waals surface area contributed by atoms with E-state index >= 15 is 0 Å². The minimum atomic E-state index is -4.55. The van der Waals surface area contributed by atoms with Crippen molar-refractivity contribution in [3.8, 4) is 0 Å². The molecule has 6 nitrogen and oxygen atoms in total. The van der Waals surface area contributed by atoms with Crippen LogP contribution in [-0.2, 0) is 10.1 Å². The predicted octanol–water partition coefficient (Wildman–Crippen LogP) is -1.90. The third-order valence-corrected chi connectivity index (χ3v) is 2.26. The van der Waals surface area contributed by atoms with Gasteiger partial charge in [-0.1, -0.05) is 0 Å². The van der Waals surface area contributed by atoms with Crippen LogP contribution in [0.25, 0.3) is 0 Å². The fourth-order valence-corrected chi connectivity index (χ4v) is 1.29. The summed E-state index contributed by atoms with van der Waals surface area (Å²) in [6.07, 6.45) is 0. The third kappa shape index (κ3) is 3.87. The Morgan fingerprint density at radius 2 is 2.00 bits per heavy atom. The first-order valence-corrected chi connectivity index (χ1v) is 4.68. The van der Waals surface area contributed by atoms with Crippen LogP contribution in [0.15, 0.2) is 23.1 Å². The van der Waals surface area contributed by atoms with Crippen LogP contribution in [0, 0.1) is 15.9 Å². The van der Waals surface area contributed by atoms with Gasteiger partial charge in [0.2, 0.25) is 5.82 Å². The first-order valence-electron chi connectivity index (χ1n) is 3.24. The number of nitro benzene ring substituents is 1. The molecule has 1 aromatic rings. The molecule has 0 aliphatic rings. The Hall–Kier alpha value is 0.0964. The largest absolute Gasteiger partial charge is 1.00 e. The second kappa shape index (κ2) is 5.43. The standard InChI is InChI=1S/C6H4FNO5S.K.H/c7-5-2-1-4(14(11,12)13)3-6(5)8(9)10;;/h1-3H,(H,11,12,13);;/q;+1;-1. The molecule has 0 aromatic heterocycles. The SMILES string of the molecule is O=[N+]([O-])c1cc(S(=O)(=O)O)ccc1F.[H-].[K+]. The van der Waals surface area contributed by atoms with Crippen molar-refractivity contribution in [3.63, 3.8) is 0 Å². The summed E-state index contributed by atoms with van der Waals surface area (Å²) in [6.45, 7) is 0. The summed E-state index contributed by atoms with van der Waals surface area (Å²) in [5, 5.41) is 10.2. The van der Waals surface area contributed by atoms with Crippen molar-refractivity contribution in [1.29, 1.82) is 0 Å². The Balaban J connectivity index is 0. The maximum atomic E-state index is 12.7. The van der Waals surface area contributed by atoms with Crippen LogP contribution >= 0.6 is 0 Å². The molecule has 0 bridgehead atoms. The second-order valence-corrected chi connectivity index (χ2v) is 3.77. The van der Waals surface area contributed by atoms with Gasteiger partial charge in [-0.15, -0.1) is 0 Å². The van der Waals surface area contributed by atoms with Gasteiger partial charge in [0, 0.05) is 6.07 Å². The van der Waals surface area contributed by atoms with Gasteiger partial charge >= 0.3 is 57.1 Å². The molecule has 0 saturated heterocycles. The molecule has 0 atom stereocenters. The number of rotatable bonds is 2. The van der Waals surface area contributed by atoms with Crippen molar-refractivity contribution in [1.82, 2.24) is 0 Å². The molecule has 1 rings (SSSR count). The van der Waals surface area contributed by atoms with E-state index in [1.165, 1.54) is 0 Å². The minimum Gasteiger partial charge on any atom is -1.00 e. The van der Waals surface area contributed by atoms with Gasteiger partial charge in [0.1, 0.15) is 4.90 Å². The predicted molar refractivity (Wildman–Crippen MR) is 44.0 cm³/mol. The number of halogens is 1. The number of hydrogen-bond donors (Lipinski definition) is 1. The van der Waals surface area contributed by atoms with Gasteiger partial charge in [-0.05, 0) is 12.1 Å². The Bertz CT molecular complexity index is 494. The van der Waals surface area contributed by atoms with Crippen molar-refractivity contribution in [2.45, 2.75) is 4.90 Å². The molecule has 0 aliphatic heterocycles. The van der Waals surface area contributed by atoms with Crippen LogP contribution in [0.5, 0.6) is 0 Å². The maximum absolute atomic E-state index is 12.7. The van der Waals surface area contributed by atoms with Crippen LogP contribution in [0.4, 0.5) is 10.1 Å². The van der Waals surface area contributed by atoms with E-state index in [0.717, 1.165) is 6.07 Å². The first kappa shape index (κ1) is 15.1. The van der Waals surface area contributed by atoms with Gasteiger partial charge in [0.15, 0.2) is 0 Å². The summed E-state index contributed by atoms with van der Waals surface area (Å²) < 4.78 is 42.3. The smallest absolute Gasteiger partial charge is 1.00 e. The van der Waals surface area contributed by atoms with Gasteiger partial charge in [0.25, 0.3) is 10.1 Å². The zero-order chi connectivity index (χ0) is 10.9. The van der Waals surface area contributed by atoms with Crippen LogP contribution in [0.3, 0.4) is 0 Å². The molecular weight excluding hydrogens is 256 g/mol. The minimum absolute atomic E-state index is 0. The fourth-order valence-electron chi connectivity index (χ4n) is 0.793. The molecule has 0 spiro atoms. The summed E-state index contributed by atoms with van der Waals surface area (Å²) in [6, 6.07) is 1.78. The number of nitro groups is 1. The number of benzene rings is 1. The molecule has 78 valence electrons. The number of hydrogen-bond acceptors (Lipinski definition) is 4. The van der Waals surface area contributed by atoms with Crippen molar-refractivity contribution in [2.24, 2.45) is 0 Å². The van der Waals surface area contributed by atoms with Crippen molar-refractivity contribution < 1.29 is 75.1 Å². The van der Waals surface area contributed by atoms with E-state index in [-0.39, 0.29) is 52.8 Å². The molecule has 15 heavy (non-hydrogen) atoms. The van der Waals surface area contributed by atoms with Crippen LogP contribution in [-0.4, -0.2) is 17.9 Å². The molecule has 0 heterocycles. The molecule has 0 aliphatic carbocycles. The van der Waals surface area contributed by atoms with Crippen molar-refractivity contribution in [2.75, 3.05) is 0 Å². The Labute approximate surface area is 128 Å². The molecule has 0 radical (unpaired) electrons. The van der Waals surface area contributed by atoms with Gasteiger partial charge in [-0.2, -0.15) is 12.8 Å². The molecule has 1 aromatic carbocycles. The fraction of sp³-hybridized carbons (Fsp3) is 0. The van der Waals surface area contributed by atoms with Gasteiger partial charge in [-0.3, -0.25) is 14.7 Å². The zero-order valence-corrected chi connectivity index (χ0v) is 11.5. The molecular formula is C6H5FKNO5S. The molecule has 0 amide bonds. The summed E-state index contributed by atoms with van der Waals surface area (Å²) in [4.78, 5) is 8.39. The average molecular weight is 261 g/mol. The van der Waals surface area contributed by atoms with Gasteiger partial charge < -0.3 is 1.43 Å². The summed E-state index contributed by atoms with van der Waals surface area (Å²) >= 11 is 0. The topological polar surface area (TPSA) is 97.5 Å². The molecule has 1 N–H and O–H groups in total. The van der Waals surface area contributed by atoms with Crippen molar-refractivity contribution >= 4 is 15.8 Å². The van der Waals surface area contributed by atoms with E-state index < -0.39 is 31.4 Å². The van der Waals surface area contributed by atoms with Crippen molar-refractivity contribution in [3.05, 3.63) is 34.1 Å². The third-order valence-electron chi connectivity index (χ3n) is 1.41. The van der Waals surface area contributed by atoms with E-state index in [9.17, 15) is 22.9 Å². The van der Waals surface area contributed by atoms with E-state index in [1.54, 1.807) is 0 Å². The quantitative estimate of drug-likeness (QED) is 0.290. The Morgan fingerprint density at radius 3 is 2.40 bits per heavy atom. The zero-order valence-electron chi connectivity index (χ0n) is 8.55. The van der Waals surface area contributed by atoms with E-state index in [2.05, 4.69) is 0 Å². The number of nitrogens with zero attached hydrogens (tertiary/aromatic N) is 1. The maximum Gasteiger partial charge on any atom is 1.00 e. The Kier molecular flexibility index (Phi) is 5.47. The molecule has 0 saturated carbocycles. The van der Waals surface area contributed by atoms with Gasteiger partial charge in [0.05, 0.1) is 4.92 Å². The molecule has 9 heteroatoms. The Morgan fingerprint density at radius 1 is 1.47 bits per heavy atom. The monoisotopic (exact) mass is 261 g/mol. The van der Waals surface area contributed by atoms with Crippen LogP contribution in [0.2, 0.25) is 0 Å². The van der Waals surface area contributed by atoms with Crippen LogP contribution < -0.4 is 51.4 Å². The summed E-state index contributed by atoms with van der Waals surface area (Å²) in [5.41, 5.74) is -1.000. The van der Waals surface area contributed by atoms with E-state index in [1.807, 2.05) is 0 Å². The molecule has 0 fully saturated rings. The summed E-state index contributed by atoms with van der Waals surface area (Å²) in [5.74, 6) is -1.16. The van der Waals surface area contributed by atoms with Crippen LogP contribution in [0.1, 0.15) is 1.43 Å². The average Bonchev–Trinajstić information content (AvgIpc) is 2.02. The van der Waals surface area contributed by atoms with Gasteiger partial charge in [-0.25, -0.2) is 0 Å². The second-order valence-electron chi connectivity index (χ2n) is 2.35. The van der Waals surface area contributed by atoms with E-state index in [4.69, 9.17) is 4.55 Å². The summed E-state index contributed by atoms with van der Waals surface area (Å²) in [7, 11) is -4.55. The molecule has 0 unspecified atom stereocenters. The van der Waals surface area contributed by atoms with E-state index in [0.29, 0.717) is 12.1 Å².